The number of carboxylic acid groups (broad SMARTS) is 1. The van der Waals surface area contributed by atoms with Gasteiger partial charge in [-0.3, -0.25) is 9.69 Å². The number of alkyl halides is 3. The molecule has 1 aromatic rings. The van der Waals surface area contributed by atoms with Crippen LogP contribution in [-0.4, -0.2) is 65.6 Å². The number of amides is 1. The molecule has 0 aliphatic carbocycles. The van der Waals surface area contributed by atoms with Crippen LogP contribution in [0.5, 0.6) is 0 Å². The Bertz CT molecular complexity index is 664. The first-order valence-electron chi connectivity index (χ1n) is 8.42. The lowest BCUT2D eigenvalue weighted by atomic mass is 9.91. The number of aryl methyl sites for hydroxylation is 1. The van der Waals surface area contributed by atoms with Gasteiger partial charge in [0.2, 0.25) is 5.91 Å². The first-order chi connectivity index (χ1) is 12.6. The van der Waals surface area contributed by atoms with E-state index >= 15 is 0 Å². The SMILES string of the molecule is CNC(=O)[C@H]1C[C@@H]2CCN(Cc3cc(C)on3)C[C@@H]2O1.O=C(O)C(F)(F)F. The number of aliphatic carboxylic acids is 1. The lowest BCUT2D eigenvalue weighted by Crippen LogP contribution is -2.42. The van der Waals surface area contributed by atoms with Crippen molar-refractivity contribution in [2.45, 2.75) is 44.7 Å². The summed E-state index contributed by atoms with van der Waals surface area (Å²) in [7, 11) is 1.66. The molecule has 2 aliphatic rings. The minimum absolute atomic E-state index is 0.00178. The Hall–Kier alpha value is -2.14. The highest BCUT2D eigenvalue weighted by atomic mass is 19.4. The van der Waals surface area contributed by atoms with E-state index in [1.54, 1.807) is 7.05 Å². The van der Waals surface area contributed by atoms with Gasteiger partial charge in [0.05, 0.1) is 11.8 Å². The van der Waals surface area contributed by atoms with Gasteiger partial charge < -0.3 is 19.7 Å². The minimum atomic E-state index is -5.08. The third kappa shape index (κ3) is 5.93. The third-order valence-electron chi connectivity index (χ3n) is 4.48. The molecule has 2 fully saturated rings. The number of hydrogen-bond donors (Lipinski definition) is 2. The van der Waals surface area contributed by atoms with Gasteiger partial charge in [0.1, 0.15) is 11.9 Å². The summed E-state index contributed by atoms with van der Waals surface area (Å²) >= 11 is 0. The first-order valence-corrected chi connectivity index (χ1v) is 8.42. The average molecular weight is 393 g/mol. The van der Waals surface area contributed by atoms with Gasteiger partial charge in [0.15, 0.2) is 0 Å². The summed E-state index contributed by atoms with van der Waals surface area (Å²) < 4.78 is 42.7. The lowest BCUT2D eigenvalue weighted by molar-refractivity contribution is -0.192. The summed E-state index contributed by atoms with van der Waals surface area (Å²) in [6.07, 6.45) is -3.26. The van der Waals surface area contributed by atoms with Gasteiger partial charge in [-0.1, -0.05) is 5.16 Å². The predicted octanol–water partition coefficient (Wildman–Crippen LogP) is 1.34. The fraction of sp³-hybridized carbons (Fsp3) is 0.688. The number of carbonyl (C=O) groups excluding carboxylic acids is 1. The summed E-state index contributed by atoms with van der Waals surface area (Å²) in [5.74, 6) is -1.41. The summed E-state index contributed by atoms with van der Waals surface area (Å²) in [5, 5.41) is 13.8. The Kier molecular flexibility index (Phi) is 6.82. The molecule has 27 heavy (non-hydrogen) atoms. The summed E-state index contributed by atoms with van der Waals surface area (Å²) in [6.45, 7) is 4.58. The van der Waals surface area contributed by atoms with Crippen LogP contribution in [0.1, 0.15) is 24.3 Å². The maximum absolute atomic E-state index is 11.7. The Balaban J connectivity index is 0.000000321. The molecule has 0 aromatic carbocycles. The summed E-state index contributed by atoms with van der Waals surface area (Å²) in [5.41, 5.74) is 0.960. The van der Waals surface area contributed by atoms with Crippen LogP contribution in [0, 0.1) is 12.8 Å². The zero-order chi connectivity index (χ0) is 20.2. The van der Waals surface area contributed by atoms with Crippen molar-refractivity contribution < 1.29 is 37.1 Å². The zero-order valence-electron chi connectivity index (χ0n) is 15.0. The van der Waals surface area contributed by atoms with Crippen LogP contribution >= 0.6 is 0 Å². The maximum atomic E-state index is 11.7. The molecule has 3 heterocycles. The number of nitrogens with one attached hydrogen (secondary N) is 1. The van der Waals surface area contributed by atoms with Crippen LogP contribution in [0.4, 0.5) is 13.2 Å². The molecule has 1 amide bonds. The van der Waals surface area contributed by atoms with E-state index in [2.05, 4.69) is 15.4 Å². The maximum Gasteiger partial charge on any atom is 0.490 e. The molecular formula is C16H22F3N3O5. The van der Waals surface area contributed by atoms with Gasteiger partial charge in [-0.25, -0.2) is 4.79 Å². The second-order valence-corrected chi connectivity index (χ2v) is 6.53. The van der Waals surface area contributed by atoms with E-state index in [1.807, 2.05) is 13.0 Å². The molecule has 2 N–H and O–H groups in total. The van der Waals surface area contributed by atoms with Crippen molar-refractivity contribution in [3.05, 3.63) is 17.5 Å². The highest BCUT2D eigenvalue weighted by Gasteiger charge is 2.41. The van der Waals surface area contributed by atoms with Gasteiger partial charge in [-0.05, 0) is 32.2 Å². The van der Waals surface area contributed by atoms with Crippen LogP contribution in [0.25, 0.3) is 0 Å². The molecule has 1 aromatic heterocycles. The zero-order valence-corrected chi connectivity index (χ0v) is 15.0. The van der Waals surface area contributed by atoms with Crippen LogP contribution in [-0.2, 0) is 20.9 Å². The van der Waals surface area contributed by atoms with Crippen LogP contribution in [0.15, 0.2) is 10.6 Å². The molecule has 152 valence electrons. The molecule has 11 heteroatoms. The number of rotatable bonds is 3. The third-order valence-corrected chi connectivity index (χ3v) is 4.48. The van der Waals surface area contributed by atoms with Gasteiger partial charge in [0, 0.05) is 26.2 Å². The number of piperidine rings is 1. The second kappa shape index (κ2) is 8.70. The summed E-state index contributed by atoms with van der Waals surface area (Å²) in [6, 6.07) is 1.97. The number of ether oxygens (including phenoxy) is 1. The first kappa shape index (κ1) is 21.2. The fourth-order valence-corrected chi connectivity index (χ4v) is 3.19. The number of likely N-dealkylation sites (tertiary alicyclic amines) is 1. The van der Waals surface area contributed by atoms with E-state index in [9.17, 15) is 18.0 Å². The normalized spacial score (nSPS) is 25.3. The Labute approximate surface area is 153 Å². The number of halogens is 3. The molecule has 0 spiro atoms. The van der Waals surface area contributed by atoms with Gasteiger partial charge in [0.25, 0.3) is 0 Å². The number of aromatic nitrogens is 1. The van der Waals surface area contributed by atoms with Crippen LogP contribution in [0.3, 0.4) is 0 Å². The highest BCUT2D eigenvalue weighted by molar-refractivity contribution is 5.80. The number of fused-ring (bicyclic) bond motifs is 1. The van der Waals surface area contributed by atoms with Gasteiger partial charge in [-0.15, -0.1) is 0 Å². The van der Waals surface area contributed by atoms with Gasteiger partial charge >= 0.3 is 12.1 Å². The van der Waals surface area contributed by atoms with E-state index in [4.69, 9.17) is 19.2 Å². The standard InChI is InChI=1S/C14H21N3O3.C2HF3O2/c1-9-5-11(16-20-9)7-17-4-3-10-6-12(14(18)15-2)19-13(10)8-17;3-2(4,5)1(6)7/h5,10,12-13H,3-4,6-8H2,1-2H3,(H,15,18);(H,6,7)/t10-,12+,13-;/m0./s1. The number of hydrogen-bond acceptors (Lipinski definition) is 6. The molecular weight excluding hydrogens is 371 g/mol. The molecule has 0 radical (unpaired) electrons. The van der Waals surface area contributed by atoms with Crippen molar-refractivity contribution in [1.82, 2.24) is 15.4 Å². The fourth-order valence-electron chi connectivity index (χ4n) is 3.19. The largest absolute Gasteiger partial charge is 0.490 e. The van der Waals surface area contributed by atoms with Crippen molar-refractivity contribution in [2.24, 2.45) is 5.92 Å². The van der Waals surface area contributed by atoms with Crippen LogP contribution < -0.4 is 5.32 Å². The number of nitrogens with zero attached hydrogens (tertiary/aromatic N) is 2. The molecule has 8 nitrogen and oxygen atoms in total. The van der Waals surface area contributed by atoms with Crippen molar-refractivity contribution in [1.29, 1.82) is 0 Å². The van der Waals surface area contributed by atoms with Crippen molar-refractivity contribution in [2.75, 3.05) is 20.1 Å². The Morgan fingerprint density at radius 1 is 1.44 bits per heavy atom. The molecule has 2 aliphatic heterocycles. The topological polar surface area (TPSA) is 105 Å². The molecule has 2 saturated heterocycles. The minimum Gasteiger partial charge on any atom is -0.475 e. The predicted molar refractivity (Wildman–Crippen MR) is 85.7 cm³/mol. The Morgan fingerprint density at radius 3 is 2.63 bits per heavy atom. The van der Waals surface area contributed by atoms with Crippen molar-refractivity contribution in [3.8, 4) is 0 Å². The average Bonchev–Trinajstić information content (AvgIpc) is 3.19. The highest BCUT2D eigenvalue weighted by Crippen LogP contribution is 2.33. The van der Waals surface area contributed by atoms with Crippen molar-refractivity contribution >= 4 is 11.9 Å². The quantitative estimate of drug-likeness (QED) is 0.799. The van der Waals surface area contributed by atoms with E-state index in [0.717, 1.165) is 43.9 Å². The number of carboxylic acids is 1. The molecule has 3 rings (SSSR count). The van der Waals surface area contributed by atoms with E-state index < -0.39 is 12.1 Å². The van der Waals surface area contributed by atoms with E-state index in [0.29, 0.717) is 5.92 Å². The molecule has 3 atom stereocenters. The van der Waals surface area contributed by atoms with Crippen molar-refractivity contribution in [3.63, 3.8) is 0 Å². The van der Waals surface area contributed by atoms with E-state index in [1.165, 1.54) is 0 Å². The molecule has 0 saturated carbocycles. The smallest absolute Gasteiger partial charge is 0.475 e. The lowest BCUT2D eigenvalue weighted by Gasteiger charge is -2.33. The number of carbonyl (C=O) groups is 2. The van der Waals surface area contributed by atoms with Crippen LogP contribution in [0.2, 0.25) is 0 Å². The van der Waals surface area contributed by atoms with E-state index in [-0.39, 0.29) is 18.1 Å². The molecule has 0 bridgehead atoms. The van der Waals surface area contributed by atoms with Gasteiger partial charge in [-0.2, -0.15) is 13.2 Å². The molecule has 0 unspecified atom stereocenters. The monoisotopic (exact) mass is 393 g/mol. The Morgan fingerprint density at radius 2 is 2.11 bits per heavy atom. The number of likely N-dealkylation sites (N-methyl/N-ethyl adjacent to an activating group) is 1. The second-order valence-electron chi connectivity index (χ2n) is 6.53. The summed E-state index contributed by atoms with van der Waals surface area (Å²) in [4.78, 5) is 22.9.